The van der Waals surface area contributed by atoms with Crippen molar-refractivity contribution in [3.63, 3.8) is 0 Å². The van der Waals surface area contributed by atoms with Gasteiger partial charge in [0, 0.05) is 24.7 Å². The molecule has 2 heterocycles. The Morgan fingerprint density at radius 2 is 1.78 bits per heavy atom. The first kappa shape index (κ1) is 20.1. The summed E-state index contributed by atoms with van der Waals surface area (Å²) in [5.74, 6) is -3.25. The van der Waals surface area contributed by atoms with Gasteiger partial charge >= 0.3 is 11.9 Å². The molecule has 1 amide bonds. The first-order valence-corrected chi connectivity index (χ1v) is 7.98. The minimum atomic E-state index is -1.08. The van der Waals surface area contributed by atoms with Gasteiger partial charge in [0.15, 0.2) is 0 Å². The number of nitrogens with zero attached hydrogens (tertiary/aromatic N) is 1. The van der Waals surface area contributed by atoms with Crippen molar-refractivity contribution in [1.29, 1.82) is 0 Å². The van der Waals surface area contributed by atoms with Gasteiger partial charge in [-0.3, -0.25) is 4.79 Å². The number of hydrogen-bond donors (Lipinski definition) is 3. The van der Waals surface area contributed by atoms with Crippen LogP contribution in [0.2, 0.25) is 5.15 Å². The molecule has 1 unspecified atom stereocenters. The highest BCUT2D eigenvalue weighted by Gasteiger charge is 2.28. The van der Waals surface area contributed by atoms with Crippen LogP contribution in [0.25, 0.3) is 0 Å². The molecule has 0 fully saturated rings. The van der Waals surface area contributed by atoms with Gasteiger partial charge in [0.1, 0.15) is 11.0 Å². The number of carboxylic acids is 2. The maximum absolute atomic E-state index is 12.8. The molecule has 140 valence electrons. The van der Waals surface area contributed by atoms with Crippen LogP contribution in [0.15, 0.2) is 54.4 Å². The van der Waals surface area contributed by atoms with E-state index in [9.17, 15) is 18.8 Å². The number of carbonyl (C=O) groups excluding carboxylic acids is 1. The molecular formula is C18H14ClFN2O5. The molecule has 2 aromatic rings. The van der Waals surface area contributed by atoms with E-state index in [2.05, 4.69) is 10.3 Å². The standard InChI is InChI=1S/C12H10FNO3.C6H4ClNO2/c13-8-3-1-7(2-4-8)9-5-11(15)14-6-10(9)12(16)17;7-5-2-1-4(3-8-5)6(9)10/h1-4,6,9H,5H2,(H,14,15)(H,16,17);1-3H,(H,9,10). The van der Waals surface area contributed by atoms with Crippen molar-refractivity contribution < 1.29 is 29.0 Å². The molecule has 1 aromatic heterocycles. The van der Waals surface area contributed by atoms with Crippen molar-refractivity contribution in [2.75, 3.05) is 0 Å². The minimum Gasteiger partial charge on any atom is -0.478 e. The van der Waals surface area contributed by atoms with Crippen LogP contribution in [0.1, 0.15) is 28.3 Å². The van der Waals surface area contributed by atoms with E-state index in [0.29, 0.717) is 10.7 Å². The van der Waals surface area contributed by atoms with Gasteiger partial charge in [-0.15, -0.1) is 0 Å². The first-order chi connectivity index (χ1) is 12.8. The topological polar surface area (TPSA) is 117 Å². The third-order valence-corrected chi connectivity index (χ3v) is 3.87. The maximum atomic E-state index is 12.8. The number of amides is 1. The Morgan fingerprint density at radius 1 is 1.11 bits per heavy atom. The van der Waals surface area contributed by atoms with Crippen molar-refractivity contribution in [1.82, 2.24) is 10.3 Å². The Labute approximate surface area is 158 Å². The second-order valence-corrected chi connectivity index (χ2v) is 5.84. The molecule has 0 spiro atoms. The molecule has 7 nitrogen and oxygen atoms in total. The van der Waals surface area contributed by atoms with Gasteiger partial charge in [-0.05, 0) is 29.8 Å². The molecule has 9 heteroatoms. The average molecular weight is 393 g/mol. The van der Waals surface area contributed by atoms with Gasteiger partial charge in [0.05, 0.1) is 11.1 Å². The van der Waals surface area contributed by atoms with Crippen LogP contribution in [0, 0.1) is 5.82 Å². The number of aromatic carboxylic acids is 1. The second-order valence-electron chi connectivity index (χ2n) is 5.46. The molecule has 27 heavy (non-hydrogen) atoms. The maximum Gasteiger partial charge on any atom is 0.337 e. The zero-order chi connectivity index (χ0) is 20.0. The summed E-state index contributed by atoms with van der Waals surface area (Å²) < 4.78 is 12.8. The van der Waals surface area contributed by atoms with E-state index in [1.54, 1.807) is 0 Å². The Hall–Kier alpha value is -3.26. The lowest BCUT2D eigenvalue weighted by Crippen LogP contribution is -2.29. The summed E-state index contributed by atoms with van der Waals surface area (Å²) in [6, 6.07) is 8.33. The number of aromatic nitrogens is 1. The fraction of sp³-hybridized carbons (Fsp3) is 0.111. The summed E-state index contributed by atoms with van der Waals surface area (Å²) in [5, 5.41) is 20.1. The summed E-state index contributed by atoms with van der Waals surface area (Å²) in [4.78, 5) is 36.1. The van der Waals surface area contributed by atoms with E-state index in [1.807, 2.05) is 0 Å². The molecule has 0 aliphatic carbocycles. The Kier molecular flexibility index (Phi) is 6.62. The van der Waals surface area contributed by atoms with Gasteiger partial charge in [0.25, 0.3) is 0 Å². The molecule has 0 saturated carbocycles. The number of benzene rings is 1. The number of aliphatic carboxylic acids is 1. The van der Waals surface area contributed by atoms with Crippen molar-refractivity contribution >= 4 is 29.4 Å². The Morgan fingerprint density at radius 3 is 2.30 bits per heavy atom. The van der Waals surface area contributed by atoms with E-state index in [4.69, 9.17) is 21.8 Å². The van der Waals surface area contributed by atoms with Gasteiger partial charge in [-0.2, -0.15) is 0 Å². The molecule has 1 atom stereocenters. The van der Waals surface area contributed by atoms with E-state index in [1.165, 1.54) is 48.8 Å². The lowest BCUT2D eigenvalue weighted by atomic mass is 9.86. The number of hydrogen-bond acceptors (Lipinski definition) is 4. The predicted molar refractivity (Wildman–Crippen MR) is 93.8 cm³/mol. The smallest absolute Gasteiger partial charge is 0.337 e. The summed E-state index contributed by atoms with van der Waals surface area (Å²) >= 11 is 5.41. The highest BCUT2D eigenvalue weighted by molar-refractivity contribution is 6.29. The van der Waals surface area contributed by atoms with Crippen molar-refractivity contribution in [2.45, 2.75) is 12.3 Å². The van der Waals surface area contributed by atoms with E-state index >= 15 is 0 Å². The number of carbonyl (C=O) groups is 3. The van der Waals surface area contributed by atoms with Crippen LogP contribution in [-0.2, 0) is 9.59 Å². The zero-order valence-corrected chi connectivity index (χ0v) is 14.5. The second kappa shape index (κ2) is 8.91. The Bertz CT molecular complexity index is 882. The van der Waals surface area contributed by atoms with Gasteiger partial charge in [0.2, 0.25) is 5.91 Å². The van der Waals surface area contributed by atoms with Gasteiger partial charge < -0.3 is 15.5 Å². The van der Waals surface area contributed by atoms with E-state index in [-0.39, 0.29) is 23.5 Å². The lowest BCUT2D eigenvalue weighted by Gasteiger charge is -2.21. The van der Waals surface area contributed by atoms with Gasteiger partial charge in [-0.25, -0.2) is 19.0 Å². The quantitative estimate of drug-likeness (QED) is 0.691. The zero-order valence-electron chi connectivity index (χ0n) is 13.7. The monoisotopic (exact) mass is 392 g/mol. The molecule has 3 N–H and O–H groups in total. The number of nitrogens with one attached hydrogen (secondary N) is 1. The number of carboxylic acid groups (broad SMARTS) is 2. The van der Waals surface area contributed by atoms with Gasteiger partial charge in [-0.1, -0.05) is 23.7 Å². The number of pyridine rings is 1. The van der Waals surface area contributed by atoms with Crippen LogP contribution in [-0.4, -0.2) is 33.0 Å². The molecule has 0 saturated heterocycles. The molecule has 3 rings (SSSR count). The van der Waals surface area contributed by atoms with Crippen molar-refractivity contribution in [3.05, 3.63) is 76.5 Å². The molecule has 1 aliphatic rings. The normalized spacial score (nSPS) is 15.7. The highest BCUT2D eigenvalue weighted by Crippen LogP contribution is 2.30. The summed E-state index contributed by atoms with van der Waals surface area (Å²) in [5.41, 5.74) is 0.871. The fourth-order valence-electron chi connectivity index (χ4n) is 2.32. The average Bonchev–Trinajstić information content (AvgIpc) is 2.63. The molecule has 0 bridgehead atoms. The van der Waals surface area contributed by atoms with Crippen molar-refractivity contribution in [3.8, 4) is 0 Å². The van der Waals surface area contributed by atoms with Crippen LogP contribution >= 0.6 is 11.6 Å². The van der Waals surface area contributed by atoms with Crippen LogP contribution in [0.3, 0.4) is 0 Å². The molecular weight excluding hydrogens is 379 g/mol. The summed E-state index contributed by atoms with van der Waals surface area (Å²) in [6.07, 6.45) is 2.47. The third-order valence-electron chi connectivity index (χ3n) is 3.65. The summed E-state index contributed by atoms with van der Waals surface area (Å²) in [6.45, 7) is 0. The van der Waals surface area contributed by atoms with Crippen LogP contribution < -0.4 is 5.32 Å². The SMILES string of the molecule is O=C(O)c1ccc(Cl)nc1.O=C1CC(c2ccc(F)cc2)C(C(=O)O)=CN1. The van der Waals surface area contributed by atoms with Crippen LogP contribution in [0.5, 0.6) is 0 Å². The van der Waals surface area contributed by atoms with E-state index < -0.39 is 23.7 Å². The number of rotatable bonds is 3. The Balaban J connectivity index is 0.000000223. The lowest BCUT2D eigenvalue weighted by molar-refractivity contribution is -0.133. The number of halogens is 2. The predicted octanol–water partition coefficient (Wildman–Crippen LogP) is 2.83. The summed E-state index contributed by atoms with van der Waals surface area (Å²) in [7, 11) is 0. The first-order valence-electron chi connectivity index (χ1n) is 7.61. The highest BCUT2D eigenvalue weighted by atomic mass is 35.5. The van der Waals surface area contributed by atoms with Crippen molar-refractivity contribution in [2.24, 2.45) is 0 Å². The van der Waals surface area contributed by atoms with E-state index in [0.717, 1.165) is 0 Å². The largest absolute Gasteiger partial charge is 0.478 e. The molecule has 1 aliphatic heterocycles. The fourth-order valence-corrected chi connectivity index (χ4v) is 2.43. The molecule has 1 aromatic carbocycles. The van der Waals surface area contributed by atoms with Crippen LogP contribution in [0.4, 0.5) is 4.39 Å². The minimum absolute atomic E-state index is 0.0593. The third kappa shape index (κ3) is 5.61. The molecule has 0 radical (unpaired) electrons.